The van der Waals surface area contributed by atoms with Gasteiger partial charge < -0.3 is 24.9 Å². The highest BCUT2D eigenvalue weighted by Crippen LogP contribution is 2.37. The summed E-state index contributed by atoms with van der Waals surface area (Å²) < 4.78 is 6.13. The summed E-state index contributed by atoms with van der Waals surface area (Å²) in [5.41, 5.74) is 7.62. The second kappa shape index (κ2) is 10.8. The lowest BCUT2D eigenvalue weighted by molar-refractivity contribution is 0.132. The molecule has 0 spiro atoms. The van der Waals surface area contributed by atoms with E-state index in [-0.39, 0.29) is 6.61 Å². The number of hydrogen-bond acceptors (Lipinski definition) is 4. The fraction of sp³-hybridized carbons (Fsp3) is 0.323. The van der Waals surface area contributed by atoms with Gasteiger partial charge in [0.25, 0.3) is 0 Å². The molecule has 0 atom stereocenters. The van der Waals surface area contributed by atoms with Gasteiger partial charge in [0.2, 0.25) is 0 Å². The second-order valence-electron chi connectivity index (χ2n) is 11.3. The summed E-state index contributed by atoms with van der Waals surface area (Å²) in [5, 5.41) is 22.2. The number of rotatable bonds is 10. The van der Waals surface area contributed by atoms with Crippen LogP contribution >= 0.6 is 0 Å². The van der Waals surface area contributed by atoms with E-state index in [0.29, 0.717) is 25.2 Å². The number of fused-ring (bicyclic) bond motifs is 2. The number of para-hydroxylation sites is 2. The fourth-order valence-electron chi connectivity index (χ4n) is 4.93. The average Bonchev–Trinajstić information content (AvgIpc) is 3.48. The lowest BCUT2D eigenvalue weighted by Gasteiger charge is -2.15. The number of ether oxygens (including phenoxy) is 1. The molecule has 0 saturated heterocycles. The van der Waals surface area contributed by atoms with Gasteiger partial charge in [0.15, 0.2) is 5.82 Å². The summed E-state index contributed by atoms with van der Waals surface area (Å²) in [6.45, 7) is 10.4. The van der Waals surface area contributed by atoms with E-state index in [1.807, 2.05) is 37.3 Å². The van der Waals surface area contributed by atoms with Crippen LogP contribution in [0.4, 0.5) is 0 Å². The topological polar surface area (TPSA) is 94.2 Å². The number of imidazole rings is 1. The van der Waals surface area contributed by atoms with Gasteiger partial charge in [-0.3, -0.25) is 0 Å². The lowest BCUT2D eigenvalue weighted by Crippen LogP contribution is -2.21. The molecule has 0 saturated carbocycles. The Morgan fingerprint density at radius 3 is 2.55 bits per heavy atom. The number of phenols is 1. The first-order valence-corrected chi connectivity index (χ1v) is 17.1. The Morgan fingerprint density at radius 1 is 0.974 bits per heavy atom. The number of benzene rings is 3. The van der Waals surface area contributed by atoms with Gasteiger partial charge in [-0.25, -0.2) is 4.98 Å². The van der Waals surface area contributed by atoms with Gasteiger partial charge in [0.05, 0.1) is 23.3 Å². The molecule has 38 heavy (non-hydrogen) atoms. The Balaban J connectivity index is 1.56. The van der Waals surface area contributed by atoms with Crippen LogP contribution in [-0.2, 0) is 17.8 Å². The van der Waals surface area contributed by atoms with Gasteiger partial charge in [-0.1, -0.05) is 56.0 Å². The molecule has 0 unspecified atom stereocenters. The third-order valence-corrected chi connectivity index (χ3v) is 8.89. The van der Waals surface area contributed by atoms with Crippen molar-refractivity contribution < 1.29 is 14.9 Å². The predicted molar refractivity (Wildman–Crippen MR) is 158 cm³/mol. The van der Waals surface area contributed by atoms with Crippen LogP contribution in [0.25, 0.3) is 44.5 Å². The number of aliphatic hydroxyl groups is 1. The molecule has 5 rings (SSSR count). The molecule has 0 aliphatic rings. The Bertz CT molecular complexity index is 1550. The molecule has 6 nitrogen and oxygen atoms in total. The highest BCUT2D eigenvalue weighted by atomic mass is 28.3. The van der Waals surface area contributed by atoms with Gasteiger partial charge in [0.1, 0.15) is 5.75 Å². The minimum absolute atomic E-state index is 0.110. The van der Waals surface area contributed by atoms with Crippen LogP contribution in [0.2, 0.25) is 25.7 Å². The lowest BCUT2D eigenvalue weighted by atomic mass is 9.94. The van der Waals surface area contributed by atoms with E-state index in [0.717, 1.165) is 73.9 Å². The second-order valence-corrected chi connectivity index (χ2v) is 16.9. The van der Waals surface area contributed by atoms with Crippen molar-refractivity contribution in [2.45, 2.75) is 52.1 Å². The van der Waals surface area contributed by atoms with Crippen LogP contribution in [0.3, 0.4) is 0 Å². The Morgan fingerprint density at radius 2 is 1.79 bits per heavy atom. The molecular weight excluding hydrogens is 490 g/mol. The predicted octanol–water partition coefficient (Wildman–Crippen LogP) is 7.17. The minimum Gasteiger partial charge on any atom is -0.507 e. The van der Waals surface area contributed by atoms with E-state index in [1.54, 1.807) is 0 Å². The monoisotopic (exact) mass is 527 g/mol. The molecule has 0 aliphatic heterocycles. The summed E-state index contributed by atoms with van der Waals surface area (Å²) in [5.74, 6) is 1.10. The number of hydrogen-bond donors (Lipinski definition) is 4. The third kappa shape index (κ3) is 5.41. The molecule has 0 aliphatic carbocycles. The first-order chi connectivity index (χ1) is 18.2. The zero-order chi connectivity index (χ0) is 26.9. The standard InChI is InChI=1S/C31H37N3O3Si/c1-20-23(13-11-21(30(20)36)8-7-15-35)22-12-14-24-25(18-22)29(31-33-26-9-5-6-10-27(26)34-31)32-28(24)19-37-16-17-38(2,3)4/h5-6,9-14,18,32,35-36H,7-8,15-17,19H2,1-4H3,(H,33,34). The first-order valence-electron chi connectivity index (χ1n) is 13.4. The maximum atomic E-state index is 10.9. The van der Waals surface area contributed by atoms with Crippen LogP contribution in [0.1, 0.15) is 23.2 Å². The van der Waals surface area contributed by atoms with E-state index >= 15 is 0 Å². The molecule has 198 valence electrons. The molecule has 7 heteroatoms. The number of H-pyrrole nitrogens is 2. The van der Waals surface area contributed by atoms with Crippen molar-refractivity contribution in [2.75, 3.05) is 13.2 Å². The summed E-state index contributed by atoms with van der Waals surface area (Å²) in [4.78, 5) is 12.0. The molecular formula is C31H37N3O3Si. The molecule has 3 aromatic carbocycles. The number of aryl methyl sites for hydroxylation is 1. The maximum Gasteiger partial charge on any atom is 0.155 e. The SMILES string of the molecule is Cc1c(-c2ccc3c(COCC[Si](C)(C)C)[nH]c(-c4nc5ccccc5[nH]4)c3c2)ccc(CCCO)c1O. The molecule has 0 bridgehead atoms. The Labute approximate surface area is 224 Å². The quantitative estimate of drug-likeness (QED) is 0.114. The zero-order valence-electron chi connectivity index (χ0n) is 22.7. The van der Waals surface area contributed by atoms with Gasteiger partial charge in [0, 0.05) is 37.8 Å². The highest BCUT2D eigenvalue weighted by Gasteiger charge is 2.18. The van der Waals surface area contributed by atoms with E-state index in [2.05, 4.69) is 53.9 Å². The molecule has 0 fully saturated rings. The number of nitrogens with zero attached hydrogens (tertiary/aromatic N) is 1. The molecule has 5 aromatic rings. The number of aromatic hydroxyl groups is 1. The zero-order valence-corrected chi connectivity index (χ0v) is 23.7. The fourth-order valence-corrected chi connectivity index (χ4v) is 5.69. The number of aromatic amines is 2. The molecule has 0 radical (unpaired) electrons. The van der Waals surface area contributed by atoms with E-state index in [1.165, 1.54) is 0 Å². The summed E-state index contributed by atoms with van der Waals surface area (Å²) >= 11 is 0. The van der Waals surface area contributed by atoms with Gasteiger partial charge in [-0.05, 0) is 66.3 Å². The number of nitrogens with one attached hydrogen (secondary N) is 2. The summed E-state index contributed by atoms with van der Waals surface area (Å²) in [6.07, 6.45) is 1.28. The van der Waals surface area contributed by atoms with E-state index < -0.39 is 8.07 Å². The highest BCUT2D eigenvalue weighted by molar-refractivity contribution is 6.76. The van der Waals surface area contributed by atoms with Crippen LogP contribution in [0.5, 0.6) is 5.75 Å². The number of aromatic nitrogens is 3. The molecule has 2 aromatic heterocycles. The van der Waals surface area contributed by atoms with Crippen molar-refractivity contribution >= 4 is 29.9 Å². The van der Waals surface area contributed by atoms with Crippen molar-refractivity contribution in [3.8, 4) is 28.4 Å². The third-order valence-electron chi connectivity index (χ3n) is 7.19. The summed E-state index contributed by atoms with van der Waals surface area (Å²) in [7, 11) is -1.17. The van der Waals surface area contributed by atoms with Crippen molar-refractivity contribution in [3.05, 3.63) is 71.4 Å². The number of aliphatic hydroxyl groups excluding tert-OH is 1. The Hall–Kier alpha value is -3.39. The molecule has 4 N–H and O–H groups in total. The van der Waals surface area contributed by atoms with Crippen LogP contribution in [0, 0.1) is 6.92 Å². The normalized spacial score (nSPS) is 12.1. The maximum absolute atomic E-state index is 10.9. The first kappa shape index (κ1) is 26.2. The van der Waals surface area contributed by atoms with Crippen molar-refractivity contribution in [1.29, 1.82) is 0 Å². The van der Waals surface area contributed by atoms with E-state index in [4.69, 9.17) is 9.72 Å². The van der Waals surface area contributed by atoms with Crippen LogP contribution in [-0.4, -0.2) is 46.5 Å². The van der Waals surface area contributed by atoms with Crippen molar-refractivity contribution in [3.63, 3.8) is 0 Å². The van der Waals surface area contributed by atoms with Gasteiger partial charge in [-0.15, -0.1) is 0 Å². The van der Waals surface area contributed by atoms with Crippen molar-refractivity contribution in [2.24, 2.45) is 0 Å². The largest absolute Gasteiger partial charge is 0.507 e. The number of phenolic OH excluding ortho intramolecular Hbond substituents is 1. The van der Waals surface area contributed by atoms with Crippen molar-refractivity contribution in [1.82, 2.24) is 15.0 Å². The van der Waals surface area contributed by atoms with Crippen LogP contribution < -0.4 is 0 Å². The average molecular weight is 528 g/mol. The van der Waals surface area contributed by atoms with Crippen LogP contribution in [0.15, 0.2) is 54.6 Å². The Kier molecular flexibility index (Phi) is 7.43. The van der Waals surface area contributed by atoms with Gasteiger partial charge in [-0.2, -0.15) is 0 Å². The molecule has 0 amide bonds. The van der Waals surface area contributed by atoms with Gasteiger partial charge >= 0.3 is 0 Å². The summed E-state index contributed by atoms with van der Waals surface area (Å²) in [6, 6.07) is 19.6. The minimum atomic E-state index is -1.17. The van der Waals surface area contributed by atoms with E-state index in [9.17, 15) is 10.2 Å². The smallest absolute Gasteiger partial charge is 0.155 e. The molecule has 2 heterocycles.